The molecule has 1 aliphatic rings. The summed E-state index contributed by atoms with van der Waals surface area (Å²) in [5.41, 5.74) is 2.57. The van der Waals surface area contributed by atoms with Gasteiger partial charge in [0, 0.05) is 12.1 Å². The monoisotopic (exact) mass is 369 g/mol. The Labute approximate surface area is 156 Å². The molecule has 1 saturated heterocycles. The van der Waals surface area contributed by atoms with Gasteiger partial charge in [-0.1, -0.05) is 29.5 Å². The van der Waals surface area contributed by atoms with Gasteiger partial charge in [-0.25, -0.2) is 4.99 Å². The largest absolute Gasteiger partial charge is 0.497 e. The normalized spacial score (nSPS) is 17.8. The number of aliphatic imine (C=N–C) groups is 1. The van der Waals surface area contributed by atoms with Crippen LogP contribution in [0.5, 0.6) is 5.75 Å². The van der Waals surface area contributed by atoms with E-state index >= 15 is 0 Å². The molecule has 0 radical (unpaired) electrons. The molecule has 2 N–H and O–H groups in total. The van der Waals surface area contributed by atoms with Crippen LogP contribution in [0, 0.1) is 6.92 Å². The third kappa shape index (κ3) is 4.64. The van der Waals surface area contributed by atoms with E-state index in [1.54, 1.807) is 31.4 Å². The maximum Gasteiger partial charge on any atom is 0.240 e. The van der Waals surface area contributed by atoms with Gasteiger partial charge >= 0.3 is 0 Å². The number of thioether (sulfide) groups is 1. The number of aryl methyl sites for hydroxylation is 1. The topological polar surface area (TPSA) is 79.8 Å². The molecule has 2 aromatic rings. The van der Waals surface area contributed by atoms with Crippen LogP contribution in [0.25, 0.3) is 0 Å². The summed E-state index contributed by atoms with van der Waals surface area (Å²) in [5.74, 6) is 0.288. The number of hydrogen-bond donors (Lipinski definition) is 2. The molecular formula is C19H19N3O3S. The van der Waals surface area contributed by atoms with Gasteiger partial charge in [-0.05, 0) is 43.3 Å². The van der Waals surface area contributed by atoms with Crippen LogP contribution in [0.15, 0.2) is 53.5 Å². The summed E-state index contributed by atoms with van der Waals surface area (Å²) in [4.78, 5) is 28.7. The fourth-order valence-corrected chi connectivity index (χ4v) is 3.37. The van der Waals surface area contributed by atoms with Crippen LogP contribution >= 0.6 is 11.8 Å². The first-order chi connectivity index (χ1) is 12.5. The molecule has 0 aliphatic carbocycles. The van der Waals surface area contributed by atoms with E-state index < -0.39 is 5.25 Å². The van der Waals surface area contributed by atoms with Crippen LogP contribution in [0.4, 0.5) is 11.4 Å². The SMILES string of the molecule is COc1ccc(NC(=O)C[C@@H]2SC(=Nc3ccc(C)cc3)NC2=O)cc1. The quantitative estimate of drug-likeness (QED) is 0.848. The van der Waals surface area contributed by atoms with Crippen LogP contribution in [-0.4, -0.2) is 29.3 Å². The number of rotatable bonds is 5. The summed E-state index contributed by atoms with van der Waals surface area (Å²) in [7, 11) is 1.58. The van der Waals surface area contributed by atoms with Crippen molar-refractivity contribution in [2.45, 2.75) is 18.6 Å². The number of hydrogen-bond acceptors (Lipinski definition) is 5. The lowest BCUT2D eigenvalue weighted by molar-refractivity contribution is -0.122. The van der Waals surface area contributed by atoms with Crippen molar-refractivity contribution in [1.29, 1.82) is 0 Å². The Bertz CT molecular complexity index is 832. The molecule has 0 unspecified atom stereocenters. The molecule has 3 rings (SSSR count). The van der Waals surface area contributed by atoms with Gasteiger partial charge in [-0.15, -0.1) is 0 Å². The van der Waals surface area contributed by atoms with E-state index in [-0.39, 0.29) is 18.2 Å². The van der Waals surface area contributed by atoms with E-state index in [2.05, 4.69) is 15.6 Å². The Morgan fingerprint density at radius 1 is 1.19 bits per heavy atom. The lowest BCUT2D eigenvalue weighted by atomic mass is 10.2. The van der Waals surface area contributed by atoms with Crippen LogP contribution in [0.1, 0.15) is 12.0 Å². The van der Waals surface area contributed by atoms with Gasteiger partial charge in [0.05, 0.1) is 12.8 Å². The summed E-state index contributed by atoms with van der Waals surface area (Å²) in [6.45, 7) is 2.00. The molecule has 26 heavy (non-hydrogen) atoms. The molecule has 1 aliphatic heterocycles. The molecule has 6 nitrogen and oxygen atoms in total. The standard InChI is InChI=1S/C19H19N3O3S/c1-12-3-5-14(6-4-12)21-19-22-18(24)16(26-19)11-17(23)20-13-7-9-15(25-2)10-8-13/h3-10,16H,11H2,1-2H3,(H,20,23)(H,21,22,24)/t16-/m0/s1. The van der Waals surface area contributed by atoms with Crippen LogP contribution in [-0.2, 0) is 9.59 Å². The summed E-state index contributed by atoms with van der Waals surface area (Å²) in [6, 6.07) is 14.7. The van der Waals surface area contributed by atoms with E-state index in [9.17, 15) is 9.59 Å². The molecule has 134 valence electrons. The zero-order valence-corrected chi connectivity index (χ0v) is 15.3. The third-order valence-electron chi connectivity index (χ3n) is 3.79. The Morgan fingerprint density at radius 2 is 1.88 bits per heavy atom. The second-order valence-corrected chi connectivity index (χ2v) is 7.02. The van der Waals surface area contributed by atoms with Gasteiger partial charge in [0.1, 0.15) is 11.0 Å². The van der Waals surface area contributed by atoms with E-state index in [1.165, 1.54) is 11.8 Å². The van der Waals surface area contributed by atoms with Crippen LogP contribution in [0.2, 0.25) is 0 Å². The number of amidine groups is 1. The van der Waals surface area contributed by atoms with Crippen LogP contribution < -0.4 is 15.4 Å². The number of carbonyl (C=O) groups excluding carboxylic acids is 2. The number of ether oxygens (including phenoxy) is 1. The zero-order valence-electron chi connectivity index (χ0n) is 14.5. The molecule has 2 aromatic carbocycles. The van der Waals surface area contributed by atoms with Crippen molar-refractivity contribution in [2.24, 2.45) is 4.99 Å². The van der Waals surface area contributed by atoms with Crippen molar-refractivity contribution in [1.82, 2.24) is 5.32 Å². The minimum absolute atomic E-state index is 0.0788. The maximum absolute atomic E-state index is 12.2. The zero-order chi connectivity index (χ0) is 18.5. The van der Waals surface area contributed by atoms with Crippen molar-refractivity contribution in [3.05, 3.63) is 54.1 Å². The summed E-state index contributed by atoms with van der Waals surface area (Å²) in [5, 5.41) is 5.54. The number of anilines is 1. The average Bonchev–Trinajstić information content (AvgIpc) is 2.96. The van der Waals surface area contributed by atoms with Gasteiger partial charge in [0.2, 0.25) is 11.8 Å². The minimum Gasteiger partial charge on any atom is -0.497 e. The van der Waals surface area contributed by atoms with Crippen molar-refractivity contribution in [3.8, 4) is 5.75 Å². The first kappa shape index (κ1) is 18.0. The molecule has 1 fully saturated rings. The van der Waals surface area contributed by atoms with Crippen molar-refractivity contribution in [3.63, 3.8) is 0 Å². The fourth-order valence-electron chi connectivity index (χ4n) is 2.38. The smallest absolute Gasteiger partial charge is 0.240 e. The van der Waals surface area contributed by atoms with Crippen molar-refractivity contribution in [2.75, 3.05) is 12.4 Å². The van der Waals surface area contributed by atoms with E-state index in [0.717, 1.165) is 11.3 Å². The Kier molecular flexibility index (Phi) is 5.58. The van der Waals surface area contributed by atoms with Gasteiger partial charge < -0.3 is 15.4 Å². The maximum atomic E-state index is 12.2. The van der Waals surface area contributed by atoms with Gasteiger partial charge in [-0.2, -0.15) is 0 Å². The van der Waals surface area contributed by atoms with Crippen molar-refractivity contribution >= 4 is 40.1 Å². The molecule has 7 heteroatoms. The Morgan fingerprint density at radius 3 is 2.54 bits per heavy atom. The summed E-state index contributed by atoms with van der Waals surface area (Å²) < 4.78 is 5.08. The first-order valence-electron chi connectivity index (χ1n) is 8.10. The highest BCUT2D eigenvalue weighted by Gasteiger charge is 2.32. The number of methoxy groups -OCH3 is 1. The second kappa shape index (κ2) is 8.05. The fraction of sp³-hybridized carbons (Fsp3) is 0.211. The lowest BCUT2D eigenvalue weighted by Crippen LogP contribution is -2.28. The van der Waals surface area contributed by atoms with Gasteiger partial charge in [-0.3, -0.25) is 9.59 Å². The lowest BCUT2D eigenvalue weighted by Gasteiger charge is -2.08. The first-order valence-corrected chi connectivity index (χ1v) is 8.98. The Hall–Kier alpha value is -2.80. The van der Waals surface area contributed by atoms with Gasteiger partial charge in [0.15, 0.2) is 5.17 Å². The average molecular weight is 369 g/mol. The molecule has 0 saturated carbocycles. The van der Waals surface area contributed by atoms with E-state index in [0.29, 0.717) is 16.6 Å². The summed E-state index contributed by atoms with van der Waals surface area (Å²) >= 11 is 1.27. The molecule has 1 heterocycles. The van der Waals surface area contributed by atoms with Crippen LogP contribution in [0.3, 0.4) is 0 Å². The molecule has 0 bridgehead atoms. The molecule has 0 aromatic heterocycles. The molecule has 0 spiro atoms. The molecular weight excluding hydrogens is 350 g/mol. The predicted octanol–water partition coefficient (Wildman–Crippen LogP) is 3.25. The molecule has 1 atom stereocenters. The van der Waals surface area contributed by atoms with Gasteiger partial charge in [0.25, 0.3) is 0 Å². The highest BCUT2D eigenvalue weighted by Crippen LogP contribution is 2.26. The number of amides is 2. The highest BCUT2D eigenvalue weighted by molar-refractivity contribution is 8.15. The number of nitrogens with zero attached hydrogens (tertiary/aromatic N) is 1. The third-order valence-corrected chi connectivity index (χ3v) is 4.87. The number of nitrogens with one attached hydrogen (secondary N) is 2. The predicted molar refractivity (Wildman–Crippen MR) is 104 cm³/mol. The second-order valence-electron chi connectivity index (χ2n) is 5.83. The number of carbonyl (C=O) groups is 2. The Balaban J connectivity index is 1.58. The van der Waals surface area contributed by atoms with Crippen molar-refractivity contribution < 1.29 is 14.3 Å². The molecule has 2 amide bonds. The van der Waals surface area contributed by atoms with E-state index in [4.69, 9.17) is 4.74 Å². The highest BCUT2D eigenvalue weighted by atomic mass is 32.2. The summed E-state index contributed by atoms with van der Waals surface area (Å²) in [6.07, 6.45) is 0.0788. The van der Waals surface area contributed by atoms with E-state index in [1.807, 2.05) is 31.2 Å². The minimum atomic E-state index is -0.488. The number of benzene rings is 2.